The molecule has 9 heteroatoms. The number of aliphatic hydroxyl groups excluding tert-OH is 1. The Morgan fingerprint density at radius 2 is 1.84 bits per heavy atom. The van der Waals surface area contributed by atoms with Gasteiger partial charge in [-0.25, -0.2) is 9.18 Å². The van der Waals surface area contributed by atoms with E-state index in [1.54, 1.807) is 6.92 Å². The Kier molecular flexibility index (Phi) is 9.43. The van der Waals surface area contributed by atoms with Gasteiger partial charge in [-0.05, 0) is 24.6 Å². The molecule has 0 saturated carbocycles. The van der Waals surface area contributed by atoms with Crippen molar-refractivity contribution in [2.45, 2.75) is 33.5 Å². The van der Waals surface area contributed by atoms with Crippen molar-refractivity contribution in [3.05, 3.63) is 53.1 Å². The Bertz CT molecular complexity index is 670. The minimum atomic E-state index is -4.69. The third-order valence-electron chi connectivity index (χ3n) is 2.59. The smallest absolute Gasteiger partial charge is 0.416 e. The maximum Gasteiger partial charge on any atom is 0.416 e. The quantitative estimate of drug-likeness (QED) is 0.812. The first-order valence-electron chi connectivity index (χ1n) is 7.41. The van der Waals surface area contributed by atoms with Gasteiger partial charge in [-0.2, -0.15) is 18.3 Å². The second kappa shape index (κ2) is 10.4. The molecule has 2 N–H and O–H groups in total. The third kappa shape index (κ3) is 7.34. The fourth-order valence-corrected chi connectivity index (χ4v) is 1.69. The number of benzene rings is 1. The van der Waals surface area contributed by atoms with Crippen LogP contribution in [0.15, 0.2) is 30.6 Å². The molecule has 0 unspecified atom stereocenters. The first kappa shape index (κ1) is 22.6. The summed E-state index contributed by atoms with van der Waals surface area (Å²) in [5.74, 6) is -2.22. The van der Waals surface area contributed by atoms with Gasteiger partial charge in [0.2, 0.25) is 0 Å². The SMILES string of the molecule is CC.CCO.O=C(O)c1cnn(Cc2ccc(F)cc2C(F)(F)F)c1. The zero-order valence-corrected chi connectivity index (χ0v) is 14.0. The highest BCUT2D eigenvalue weighted by Crippen LogP contribution is 2.32. The number of aliphatic hydroxyl groups is 1. The van der Waals surface area contributed by atoms with E-state index >= 15 is 0 Å². The summed E-state index contributed by atoms with van der Waals surface area (Å²) >= 11 is 0. The first-order chi connectivity index (χ1) is 11.7. The van der Waals surface area contributed by atoms with Crippen LogP contribution in [-0.2, 0) is 12.7 Å². The summed E-state index contributed by atoms with van der Waals surface area (Å²) in [5, 5.41) is 19.9. The number of carboxylic acid groups (broad SMARTS) is 1. The van der Waals surface area contributed by atoms with Crippen LogP contribution in [-0.4, -0.2) is 32.6 Å². The molecule has 0 aliphatic heterocycles. The van der Waals surface area contributed by atoms with Crippen molar-refractivity contribution >= 4 is 5.97 Å². The lowest BCUT2D eigenvalue weighted by molar-refractivity contribution is -0.138. The molecule has 140 valence electrons. The monoisotopic (exact) mass is 364 g/mol. The van der Waals surface area contributed by atoms with Crippen LogP contribution in [0.2, 0.25) is 0 Å². The predicted octanol–water partition coefficient (Wildman–Crippen LogP) is 3.81. The van der Waals surface area contributed by atoms with E-state index in [1.165, 1.54) is 0 Å². The highest BCUT2D eigenvalue weighted by atomic mass is 19.4. The predicted molar refractivity (Wildman–Crippen MR) is 83.8 cm³/mol. The number of aromatic carboxylic acids is 1. The number of carbonyl (C=O) groups is 1. The van der Waals surface area contributed by atoms with Crippen LogP contribution in [0.5, 0.6) is 0 Å². The molecule has 0 atom stereocenters. The summed E-state index contributed by atoms with van der Waals surface area (Å²) in [6, 6.07) is 2.31. The third-order valence-corrected chi connectivity index (χ3v) is 2.59. The Morgan fingerprint density at radius 3 is 2.28 bits per heavy atom. The highest BCUT2D eigenvalue weighted by molar-refractivity contribution is 5.86. The van der Waals surface area contributed by atoms with E-state index < -0.39 is 23.5 Å². The summed E-state index contributed by atoms with van der Waals surface area (Å²) in [4.78, 5) is 10.7. The number of nitrogens with zero attached hydrogens (tertiary/aromatic N) is 2. The topological polar surface area (TPSA) is 75.3 Å². The second-order valence-electron chi connectivity index (χ2n) is 4.35. The first-order valence-corrected chi connectivity index (χ1v) is 7.41. The van der Waals surface area contributed by atoms with Gasteiger partial charge in [0.15, 0.2) is 0 Å². The van der Waals surface area contributed by atoms with Gasteiger partial charge in [0.25, 0.3) is 0 Å². The van der Waals surface area contributed by atoms with Crippen LogP contribution in [0.25, 0.3) is 0 Å². The molecular formula is C16H20F4N2O3. The van der Waals surface area contributed by atoms with E-state index in [4.69, 9.17) is 10.2 Å². The molecule has 5 nitrogen and oxygen atoms in total. The molecule has 2 rings (SSSR count). The molecule has 0 radical (unpaired) electrons. The van der Waals surface area contributed by atoms with Crippen molar-refractivity contribution in [2.75, 3.05) is 6.61 Å². The molecule has 0 amide bonds. The molecule has 0 aliphatic rings. The average Bonchev–Trinajstić information content (AvgIpc) is 3.00. The Labute approximate surface area is 142 Å². The molecule has 0 aliphatic carbocycles. The van der Waals surface area contributed by atoms with Gasteiger partial charge >= 0.3 is 12.1 Å². The van der Waals surface area contributed by atoms with Gasteiger partial charge in [0, 0.05) is 12.8 Å². The number of hydrogen-bond acceptors (Lipinski definition) is 3. The lowest BCUT2D eigenvalue weighted by atomic mass is 10.1. The summed E-state index contributed by atoms with van der Waals surface area (Å²) < 4.78 is 52.3. The van der Waals surface area contributed by atoms with Crippen LogP contribution in [0.1, 0.15) is 42.3 Å². The molecule has 0 saturated heterocycles. The van der Waals surface area contributed by atoms with Crippen LogP contribution in [0.4, 0.5) is 17.6 Å². The van der Waals surface area contributed by atoms with E-state index in [9.17, 15) is 22.4 Å². The van der Waals surface area contributed by atoms with E-state index in [1.807, 2.05) is 13.8 Å². The molecule has 0 spiro atoms. The number of halogens is 4. The van der Waals surface area contributed by atoms with Gasteiger partial charge < -0.3 is 10.2 Å². The Hall–Kier alpha value is -2.42. The summed E-state index contributed by atoms with van der Waals surface area (Å²) in [5.41, 5.74) is -1.44. The largest absolute Gasteiger partial charge is 0.478 e. The van der Waals surface area contributed by atoms with Gasteiger partial charge in [-0.1, -0.05) is 19.9 Å². The summed E-state index contributed by atoms with van der Waals surface area (Å²) in [6.45, 7) is 5.63. The van der Waals surface area contributed by atoms with Gasteiger partial charge in [0.1, 0.15) is 5.82 Å². The Balaban J connectivity index is 0.00000104. The molecule has 1 aromatic heterocycles. The van der Waals surface area contributed by atoms with E-state index in [0.29, 0.717) is 6.07 Å². The average molecular weight is 364 g/mol. The van der Waals surface area contributed by atoms with Crippen LogP contribution in [0, 0.1) is 5.82 Å². The fraction of sp³-hybridized carbons (Fsp3) is 0.375. The molecule has 1 heterocycles. The minimum Gasteiger partial charge on any atom is -0.478 e. The van der Waals surface area contributed by atoms with E-state index in [2.05, 4.69) is 5.10 Å². The van der Waals surface area contributed by atoms with Crippen LogP contribution < -0.4 is 0 Å². The Morgan fingerprint density at radius 1 is 1.28 bits per heavy atom. The van der Waals surface area contributed by atoms with Gasteiger partial charge in [-0.15, -0.1) is 0 Å². The molecule has 2 aromatic rings. The fourth-order valence-electron chi connectivity index (χ4n) is 1.69. The maximum absolute atomic E-state index is 12.9. The lowest BCUT2D eigenvalue weighted by Crippen LogP contribution is -2.12. The standard InChI is InChI=1S/C12H8F4N2O2.C2H6O.C2H6/c13-9-2-1-7(10(3-9)12(14,15)16)5-18-6-8(4-17-18)11(19)20;1-2-3;1-2/h1-4,6H,5H2,(H,19,20);3H,2H2,1H3;1-2H3. The number of alkyl halides is 3. The van der Waals surface area contributed by atoms with Crippen molar-refractivity contribution in [3.8, 4) is 0 Å². The van der Waals surface area contributed by atoms with Crippen molar-refractivity contribution < 1.29 is 32.6 Å². The van der Waals surface area contributed by atoms with Crippen molar-refractivity contribution in [2.24, 2.45) is 0 Å². The van der Waals surface area contributed by atoms with Gasteiger partial charge in [0.05, 0.1) is 23.9 Å². The zero-order chi connectivity index (χ0) is 19.6. The molecule has 1 aromatic carbocycles. The molecule has 0 bridgehead atoms. The van der Waals surface area contributed by atoms with Crippen LogP contribution >= 0.6 is 0 Å². The van der Waals surface area contributed by atoms with Crippen molar-refractivity contribution in [1.29, 1.82) is 0 Å². The summed E-state index contributed by atoms with van der Waals surface area (Å²) in [7, 11) is 0. The minimum absolute atomic E-state index is 0.138. The van der Waals surface area contributed by atoms with Gasteiger partial charge in [-0.3, -0.25) is 4.68 Å². The van der Waals surface area contributed by atoms with E-state index in [-0.39, 0.29) is 24.3 Å². The number of hydrogen-bond donors (Lipinski definition) is 2. The second-order valence-corrected chi connectivity index (χ2v) is 4.35. The maximum atomic E-state index is 12.9. The zero-order valence-electron chi connectivity index (χ0n) is 14.0. The van der Waals surface area contributed by atoms with Crippen LogP contribution in [0.3, 0.4) is 0 Å². The molecular weight excluding hydrogens is 344 g/mol. The summed E-state index contributed by atoms with van der Waals surface area (Å²) in [6.07, 6.45) is -2.56. The van der Waals surface area contributed by atoms with E-state index in [0.717, 1.165) is 29.2 Å². The number of aromatic nitrogens is 2. The van der Waals surface area contributed by atoms with Crippen molar-refractivity contribution in [3.63, 3.8) is 0 Å². The number of rotatable bonds is 3. The highest BCUT2D eigenvalue weighted by Gasteiger charge is 2.33. The van der Waals surface area contributed by atoms with Crippen molar-refractivity contribution in [1.82, 2.24) is 9.78 Å². The lowest BCUT2D eigenvalue weighted by Gasteiger charge is -2.12. The molecule has 25 heavy (non-hydrogen) atoms. The normalized spacial score (nSPS) is 10.2. The molecule has 0 fully saturated rings. The number of carboxylic acids is 1.